The van der Waals surface area contributed by atoms with E-state index in [1.807, 2.05) is 36.5 Å². The van der Waals surface area contributed by atoms with Gasteiger partial charge in [-0.3, -0.25) is 5.10 Å². The van der Waals surface area contributed by atoms with Crippen molar-refractivity contribution in [2.24, 2.45) is 0 Å². The van der Waals surface area contributed by atoms with E-state index >= 15 is 0 Å². The van der Waals surface area contributed by atoms with Crippen molar-refractivity contribution in [2.75, 3.05) is 5.32 Å². The largest absolute Gasteiger partial charge is 0.508 e. The lowest BCUT2D eigenvalue weighted by molar-refractivity contribution is 0.474. The average Bonchev–Trinajstić information content (AvgIpc) is 2.88. The molecule has 0 bridgehead atoms. The number of anilines is 1. The van der Waals surface area contributed by atoms with Crippen molar-refractivity contribution in [1.29, 1.82) is 0 Å². The summed E-state index contributed by atoms with van der Waals surface area (Å²) < 4.78 is 0. The Morgan fingerprint density at radius 3 is 2.89 bits per heavy atom. The molecule has 0 aliphatic carbocycles. The Hall–Kier alpha value is -2.49. The monoisotopic (exact) mass is 253 g/mol. The van der Waals surface area contributed by atoms with Crippen molar-refractivity contribution in [3.63, 3.8) is 0 Å². The third-order valence-corrected chi connectivity index (χ3v) is 3.23. The maximum Gasteiger partial charge on any atom is 0.115 e. The van der Waals surface area contributed by atoms with Gasteiger partial charge in [-0.15, -0.1) is 0 Å². The lowest BCUT2D eigenvalue weighted by Gasteiger charge is -2.16. The minimum atomic E-state index is 0.104. The Morgan fingerprint density at radius 2 is 2.05 bits per heavy atom. The van der Waals surface area contributed by atoms with Crippen molar-refractivity contribution in [1.82, 2.24) is 10.2 Å². The van der Waals surface area contributed by atoms with Gasteiger partial charge in [-0.2, -0.15) is 5.10 Å². The number of nitrogens with one attached hydrogen (secondary N) is 2. The molecule has 1 heterocycles. The normalized spacial score (nSPS) is 12.5. The number of hydrogen-bond donors (Lipinski definition) is 3. The predicted molar refractivity (Wildman–Crippen MR) is 76.2 cm³/mol. The van der Waals surface area contributed by atoms with Gasteiger partial charge in [0.2, 0.25) is 0 Å². The zero-order valence-corrected chi connectivity index (χ0v) is 10.6. The van der Waals surface area contributed by atoms with Gasteiger partial charge in [0, 0.05) is 17.1 Å². The van der Waals surface area contributed by atoms with Crippen LogP contribution in [-0.2, 0) is 0 Å². The van der Waals surface area contributed by atoms with Gasteiger partial charge in [-0.25, -0.2) is 0 Å². The number of aromatic nitrogens is 2. The molecular formula is C15H15N3O. The molecule has 4 nitrogen and oxygen atoms in total. The molecule has 0 aliphatic rings. The van der Waals surface area contributed by atoms with Crippen LogP contribution in [0.5, 0.6) is 5.75 Å². The van der Waals surface area contributed by atoms with Crippen molar-refractivity contribution < 1.29 is 5.11 Å². The molecule has 1 aromatic heterocycles. The Labute approximate surface area is 111 Å². The van der Waals surface area contributed by atoms with E-state index in [1.165, 1.54) is 0 Å². The van der Waals surface area contributed by atoms with E-state index in [0.29, 0.717) is 0 Å². The molecular weight excluding hydrogens is 238 g/mol. The van der Waals surface area contributed by atoms with Crippen LogP contribution in [0.1, 0.15) is 18.5 Å². The summed E-state index contributed by atoms with van der Waals surface area (Å²) in [5, 5.41) is 21.0. The van der Waals surface area contributed by atoms with E-state index in [1.54, 1.807) is 12.1 Å². The summed E-state index contributed by atoms with van der Waals surface area (Å²) in [5.74, 6) is 0.285. The van der Waals surface area contributed by atoms with Crippen LogP contribution < -0.4 is 5.32 Å². The average molecular weight is 253 g/mol. The number of fused-ring (bicyclic) bond motifs is 1. The fourth-order valence-corrected chi connectivity index (χ4v) is 2.20. The second-order valence-electron chi connectivity index (χ2n) is 4.60. The minimum Gasteiger partial charge on any atom is -0.508 e. The Kier molecular flexibility index (Phi) is 2.83. The molecule has 0 saturated heterocycles. The van der Waals surface area contributed by atoms with Gasteiger partial charge in [0.15, 0.2) is 0 Å². The second-order valence-corrected chi connectivity index (χ2v) is 4.60. The molecule has 2 aromatic carbocycles. The smallest absolute Gasteiger partial charge is 0.115 e. The van der Waals surface area contributed by atoms with E-state index in [2.05, 4.69) is 22.4 Å². The minimum absolute atomic E-state index is 0.104. The second kappa shape index (κ2) is 4.65. The van der Waals surface area contributed by atoms with Gasteiger partial charge in [-0.05, 0) is 36.8 Å². The molecule has 96 valence electrons. The molecule has 0 spiro atoms. The van der Waals surface area contributed by atoms with Crippen LogP contribution in [0.4, 0.5) is 5.69 Å². The molecule has 3 N–H and O–H groups in total. The molecule has 3 aromatic rings. The molecule has 1 atom stereocenters. The highest BCUT2D eigenvalue weighted by Gasteiger charge is 2.08. The van der Waals surface area contributed by atoms with E-state index in [-0.39, 0.29) is 11.8 Å². The van der Waals surface area contributed by atoms with Crippen LogP contribution in [0, 0.1) is 0 Å². The zero-order chi connectivity index (χ0) is 13.2. The number of nitrogens with zero attached hydrogens (tertiary/aromatic N) is 1. The summed E-state index contributed by atoms with van der Waals surface area (Å²) in [6.07, 6.45) is 1.81. The van der Waals surface area contributed by atoms with Crippen LogP contribution in [0.3, 0.4) is 0 Å². The molecule has 1 unspecified atom stereocenters. The van der Waals surface area contributed by atoms with Gasteiger partial charge < -0.3 is 10.4 Å². The highest BCUT2D eigenvalue weighted by Crippen LogP contribution is 2.26. The summed E-state index contributed by atoms with van der Waals surface area (Å²) in [6, 6.07) is 13.4. The number of benzene rings is 2. The van der Waals surface area contributed by atoms with Crippen molar-refractivity contribution in [3.05, 3.63) is 54.2 Å². The lowest BCUT2D eigenvalue weighted by Crippen LogP contribution is -2.06. The summed E-state index contributed by atoms with van der Waals surface area (Å²) in [6.45, 7) is 2.06. The van der Waals surface area contributed by atoms with E-state index in [9.17, 15) is 5.11 Å². The molecule has 0 radical (unpaired) electrons. The number of phenolic OH excluding ortho intramolecular Hbond substituents is 1. The zero-order valence-electron chi connectivity index (χ0n) is 10.6. The summed E-state index contributed by atoms with van der Waals surface area (Å²) in [7, 11) is 0. The Morgan fingerprint density at radius 1 is 1.21 bits per heavy atom. The van der Waals surface area contributed by atoms with Crippen LogP contribution in [0.25, 0.3) is 10.9 Å². The van der Waals surface area contributed by atoms with E-state index in [0.717, 1.165) is 22.2 Å². The quantitative estimate of drug-likeness (QED) is 0.670. The van der Waals surface area contributed by atoms with Crippen LogP contribution >= 0.6 is 0 Å². The maximum absolute atomic E-state index is 9.52. The van der Waals surface area contributed by atoms with E-state index in [4.69, 9.17) is 0 Å². The molecule has 19 heavy (non-hydrogen) atoms. The fraction of sp³-hybridized carbons (Fsp3) is 0.133. The predicted octanol–water partition coefficient (Wildman–Crippen LogP) is 3.44. The lowest BCUT2D eigenvalue weighted by atomic mass is 10.1. The molecule has 4 heteroatoms. The summed E-state index contributed by atoms with van der Waals surface area (Å²) in [4.78, 5) is 0. The Balaban J connectivity index is 1.90. The summed E-state index contributed by atoms with van der Waals surface area (Å²) >= 11 is 0. The molecule has 3 rings (SSSR count). The molecule has 0 amide bonds. The molecule has 0 saturated carbocycles. The topological polar surface area (TPSA) is 60.9 Å². The van der Waals surface area contributed by atoms with Crippen molar-refractivity contribution in [2.45, 2.75) is 13.0 Å². The molecule has 0 fully saturated rings. The van der Waals surface area contributed by atoms with E-state index < -0.39 is 0 Å². The van der Waals surface area contributed by atoms with Crippen molar-refractivity contribution >= 4 is 16.6 Å². The van der Waals surface area contributed by atoms with Gasteiger partial charge in [0.25, 0.3) is 0 Å². The highest BCUT2D eigenvalue weighted by molar-refractivity contribution is 5.90. The number of H-pyrrole nitrogens is 1. The first-order valence-electron chi connectivity index (χ1n) is 6.21. The van der Waals surface area contributed by atoms with Gasteiger partial charge in [0.05, 0.1) is 11.7 Å². The maximum atomic E-state index is 9.52. The van der Waals surface area contributed by atoms with Gasteiger partial charge in [0.1, 0.15) is 5.75 Å². The first-order valence-corrected chi connectivity index (χ1v) is 6.21. The number of aromatic amines is 1. The van der Waals surface area contributed by atoms with Crippen molar-refractivity contribution in [3.8, 4) is 5.75 Å². The van der Waals surface area contributed by atoms with Crippen LogP contribution in [-0.4, -0.2) is 15.3 Å². The number of aromatic hydroxyl groups is 1. The van der Waals surface area contributed by atoms with Crippen LogP contribution in [0.2, 0.25) is 0 Å². The Bertz CT molecular complexity index is 705. The third-order valence-electron chi connectivity index (χ3n) is 3.23. The molecule has 0 aliphatic heterocycles. The number of hydrogen-bond acceptors (Lipinski definition) is 3. The van der Waals surface area contributed by atoms with Gasteiger partial charge >= 0.3 is 0 Å². The number of phenols is 1. The number of rotatable bonds is 3. The summed E-state index contributed by atoms with van der Waals surface area (Å²) in [5.41, 5.74) is 3.08. The first kappa shape index (κ1) is 11.6. The SMILES string of the molecule is CC(Nc1cccc2[nH]ncc12)c1cccc(O)c1. The fourth-order valence-electron chi connectivity index (χ4n) is 2.20. The first-order chi connectivity index (χ1) is 9.24. The standard InChI is InChI=1S/C15H15N3O/c1-10(11-4-2-5-12(19)8-11)17-14-6-3-7-15-13(14)9-16-18-15/h2-10,17,19H,1H3,(H,16,18). The third kappa shape index (κ3) is 2.25. The van der Waals surface area contributed by atoms with Gasteiger partial charge in [-0.1, -0.05) is 18.2 Å². The highest BCUT2D eigenvalue weighted by atomic mass is 16.3. The van der Waals surface area contributed by atoms with Crippen LogP contribution in [0.15, 0.2) is 48.7 Å².